The van der Waals surface area contributed by atoms with Crippen molar-refractivity contribution in [2.24, 2.45) is 0 Å². The summed E-state index contributed by atoms with van der Waals surface area (Å²) in [7, 11) is 0. The number of aromatic hydroxyl groups is 1. The predicted molar refractivity (Wildman–Crippen MR) is 57.8 cm³/mol. The highest BCUT2D eigenvalue weighted by Crippen LogP contribution is 2.29. The van der Waals surface area contributed by atoms with E-state index in [4.69, 9.17) is 0 Å². The maximum atomic E-state index is 12.3. The van der Waals surface area contributed by atoms with Crippen molar-refractivity contribution in [3.63, 3.8) is 0 Å². The molecule has 9 heteroatoms. The number of rotatable bonds is 4. The highest BCUT2D eigenvalue weighted by Gasteiger charge is 2.37. The minimum atomic E-state index is -4.84. The van der Waals surface area contributed by atoms with Gasteiger partial charge in [-0.1, -0.05) is 0 Å². The predicted octanol–water partition coefficient (Wildman–Crippen LogP) is 3.14. The van der Waals surface area contributed by atoms with Crippen molar-refractivity contribution >= 4 is 12.0 Å². The van der Waals surface area contributed by atoms with Gasteiger partial charge in [0.1, 0.15) is 18.8 Å². The molecule has 1 aromatic rings. The van der Waals surface area contributed by atoms with Crippen molar-refractivity contribution in [2.45, 2.75) is 12.4 Å². The summed E-state index contributed by atoms with van der Waals surface area (Å²) < 4.78 is 73.7. The van der Waals surface area contributed by atoms with E-state index in [2.05, 4.69) is 0 Å². The van der Waals surface area contributed by atoms with Crippen LogP contribution in [0.1, 0.15) is 10.4 Å². The molecule has 0 bridgehead atoms. The van der Waals surface area contributed by atoms with Crippen LogP contribution in [0.25, 0.3) is 0 Å². The molecule has 0 saturated carbocycles. The fraction of sp³-hybridized carbons (Fsp3) is 0.364. The fourth-order valence-corrected chi connectivity index (χ4v) is 1.50. The number of halogens is 6. The zero-order chi connectivity index (χ0) is 15.6. The molecule has 0 atom stereocenters. The maximum absolute atomic E-state index is 12.3. The van der Waals surface area contributed by atoms with Crippen molar-refractivity contribution in [1.82, 2.24) is 0 Å². The van der Waals surface area contributed by atoms with Crippen molar-refractivity contribution < 1.29 is 36.2 Å². The van der Waals surface area contributed by atoms with Crippen LogP contribution in [0.3, 0.4) is 0 Å². The molecular weight excluding hydrogens is 292 g/mol. The minimum Gasteiger partial charge on any atom is -0.507 e. The molecule has 0 aliphatic heterocycles. The number of alkyl halides is 6. The van der Waals surface area contributed by atoms with E-state index in [0.717, 1.165) is 12.1 Å². The number of nitrogens with zero attached hydrogens (tertiary/aromatic N) is 1. The molecule has 1 aromatic carbocycles. The van der Waals surface area contributed by atoms with Crippen LogP contribution in [0.15, 0.2) is 18.2 Å². The molecule has 0 heterocycles. The van der Waals surface area contributed by atoms with Crippen molar-refractivity contribution in [3.05, 3.63) is 23.8 Å². The van der Waals surface area contributed by atoms with Crippen LogP contribution >= 0.6 is 0 Å². The van der Waals surface area contributed by atoms with Crippen molar-refractivity contribution in [2.75, 3.05) is 18.0 Å². The normalized spacial score (nSPS) is 12.3. The average Bonchev–Trinajstić information content (AvgIpc) is 2.24. The third kappa shape index (κ3) is 4.98. The molecule has 0 unspecified atom stereocenters. The first-order valence-electron chi connectivity index (χ1n) is 5.18. The van der Waals surface area contributed by atoms with E-state index in [0.29, 0.717) is 6.07 Å². The highest BCUT2D eigenvalue weighted by molar-refractivity contribution is 5.80. The molecule has 0 radical (unpaired) electrons. The summed E-state index contributed by atoms with van der Waals surface area (Å²) in [5, 5.41) is 9.32. The number of hydrogen-bond donors (Lipinski definition) is 1. The molecular formula is C11H9F6NO2. The van der Waals surface area contributed by atoms with E-state index in [1.54, 1.807) is 0 Å². The number of phenolic OH excluding ortho intramolecular Hbond substituents is 1. The molecule has 0 fully saturated rings. The molecule has 0 aliphatic rings. The smallest absolute Gasteiger partial charge is 0.405 e. The second-order valence-electron chi connectivity index (χ2n) is 3.95. The van der Waals surface area contributed by atoms with E-state index in [1.807, 2.05) is 0 Å². The minimum absolute atomic E-state index is 0.0221. The quantitative estimate of drug-likeness (QED) is 0.686. The lowest BCUT2D eigenvalue weighted by molar-refractivity contribution is -0.137. The van der Waals surface area contributed by atoms with Crippen LogP contribution < -0.4 is 4.90 Å². The molecule has 0 amide bonds. The van der Waals surface area contributed by atoms with Gasteiger partial charge >= 0.3 is 12.4 Å². The number of carbonyl (C=O) groups is 1. The third-order valence-electron chi connectivity index (χ3n) is 2.25. The van der Waals surface area contributed by atoms with Gasteiger partial charge in [-0.05, 0) is 12.1 Å². The summed E-state index contributed by atoms with van der Waals surface area (Å²) in [6.07, 6.45) is -9.45. The zero-order valence-corrected chi connectivity index (χ0v) is 9.79. The Labute approximate surface area is 109 Å². The van der Waals surface area contributed by atoms with Gasteiger partial charge in [-0.2, -0.15) is 26.3 Å². The van der Waals surface area contributed by atoms with Crippen LogP contribution in [0.5, 0.6) is 5.75 Å². The van der Waals surface area contributed by atoms with Crippen LogP contribution in [0, 0.1) is 0 Å². The third-order valence-corrected chi connectivity index (χ3v) is 2.25. The molecule has 0 aromatic heterocycles. The lowest BCUT2D eigenvalue weighted by Crippen LogP contribution is -2.40. The fourth-order valence-electron chi connectivity index (χ4n) is 1.50. The van der Waals surface area contributed by atoms with Gasteiger partial charge in [0.15, 0.2) is 6.29 Å². The largest absolute Gasteiger partial charge is 0.507 e. The van der Waals surface area contributed by atoms with Gasteiger partial charge in [0.25, 0.3) is 0 Å². The van der Waals surface area contributed by atoms with Gasteiger partial charge in [-0.3, -0.25) is 4.79 Å². The Balaban J connectivity index is 3.09. The van der Waals surface area contributed by atoms with Crippen LogP contribution in [-0.4, -0.2) is 36.8 Å². The summed E-state index contributed by atoms with van der Waals surface area (Å²) in [5.41, 5.74) is -0.713. The lowest BCUT2D eigenvalue weighted by Gasteiger charge is -2.27. The SMILES string of the molecule is O=Cc1ccc(N(CC(F)(F)F)CC(F)(F)F)cc1O. The van der Waals surface area contributed by atoms with Crippen LogP contribution in [0.4, 0.5) is 32.0 Å². The van der Waals surface area contributed by atoms with Gasteiger partial charge in [0.2, 0.25) is 0 Å². The van der Waals surface area contributed by atoms with E-state index in [9.17, 15) is 36.2 Å². The van der Waals surface area contributed by atoms with E-state index in [-0.39, 0.29) is 16.7 Å². The summed E-state index contributed by atoms with van der Waals surface area (Å²) in [6, 6.07) is 2.53. The molecule has 3 nitrogen and oxygen atoms in total. The van der Waals surface area contributed by atoms with E-state index >= 15 is 0 Å². The molecule has 0 aliphatic carbocycles. The molecule has 1 rings (SSSR count). The first kappa shape index (κ1) is 16.1. The zero-order valence-electron chi connectivity index (χ0n) is 9.79. The standard InChI is InChI=1S/C11H9F6NO2/c12-10(13,14)5-18(6-11(15,16)17)8-2-1-7(4-19)9(20)3-8/h1-4,20H,5-6H2. The molecule has 0 saturated heterocycles. The molecule has 112 valence electrons. The Kier molecular flexibility index (Phi) is 4.51. The Morgan fingerprint density at radius 2 is 1.55 bits per heavy atom. The first-order chi connectivity index (χ1) is 9.02. The number of benzene rings is 1. The Bertz CT molecular complexity index is 467. The van der Waals surface area contributed by atoms with Gasteiger partial charge in [0, 0.05) is 11.8 Å². The second-order valence-corrected chi connectivity index (χ2v) is 3.95. The Morgan fingerprint density at radius 1 is 1.05 bits per heavy atom. The summed E-state index contributed by atoms with van der Waals surface area (Å²) >= 11 is 0. The monoisotopic (exact) mass is 301 g/mol. The number of aldehydes is 1. The van der Waals surface area contributed by atoms with Crippen LogP contribution in [-0.2, 0) is 0 Å². The number of carbonyl (C=O) groups excluding carboxylic acids is 1. The molecule has 0 spiro atoms. The summed E-state index contributed by atoms with van der Waals surface area (Å²) in [6.45, 7) is -3.65. The second kappa shape index (κ2) is 5.59. The lowest BCUT2D eigenvalue weighted by atomic mass is 10.2. The van der Waals surface area contributed by atoms with Gasteiger partial charge in [-0.25, -0.2) is 0 Å². The Morgan fingerprint density at radius 3 is 1.90 bits per heavy atom. The molecule has 20 heavy (non-hydrogen) atoms. The number of anilines is 1. The molecule has 1 N–H and O–H groups in total. The topological polar surface area (TPSA) is 40.5 Å². The van der Waals surface area contributed by atoms with Crippen molar-refractivity contribution in [3.8, 4) is 5.75 Å². The Hall–Kier alpha value is -1.93. The van der Waals surface area contributed by atoms with Gasteiger partial charge in [-0.15, -0.1) is 0 Å². The van der Waals surface area contributed by atoms with Crippen LogP contribution in [0.2, 0.25) is 0 Å². The summed E-state index contributed by atoms with van der Waals surface area (Å²) in [5.74, 6) is -0.688. The first-order valence-corrected chi connectivity index (χ1v) is 5.18. The van der Waals surface area contributed by atoms with Gasteiger partial charge in [0.05, 0.1) is 5.56 Å². The number of hydrogen-bond acceptors (Lipinski definition) is 3. The van der Waals surface area contributed by atoms with E-state index in [1.165, 1.54) is 0 Å². The number of phenols is 1. The average molecular weight is 301 g/mol. The van der Waals surface area contributed by atoms with Gasteiger partial charge < -0.3 is 10.0 Å². The maximum Gasteiger partial charge on any atom is 0.405 e. The highest BCUT2D eigenvalue weighted by atomic mass is 19.4. The van der Waals surface area contributed by atoms with Crippen molar-refractivity contribution in [1.29, 1.82) is 0 Å². The van der Waals surface area contributed by atoms with E-state index < -0.39 is 36.9 Å². The summed E-state index contributed by atoms with van der Waals surface area (Å²) in [4.78, 5) is 10.5.